The number of anilines is 2. The Bertz CT molecular complexity index is 977. The van der Waals surface area contributed by atoms with Crippen molar-refractivity contribution >= 4 is 17.5 Å². The van der Waals surface area contributed by atoms with Gasteiger partial charge in [0.1, 0.15) is 11.4 Å². The van der Waals surface area contributed by atoms with Crippen LogP contribution in [-0.4, -0.2) is 29.5 Å². The monoisotopic (exact) mass is 390 g/mol. The van der Waals surface area contributed by atoms with Crippen LogP contribution >= 0.6 is 0 Å². The quantitative estimate of drug-likeness (QED) is 0.634. The molecule has 0 fully saturated rings. The van der Waals surface area contributed by atoms with E-state index in [1.165, 1.54) is 5.56 Å². The standard InChI is InChI=1S/C23H26N4O2/c1-15-13-16(2)21(17(3)14-15)27-23-25-12-10-20(26-23)22(28)24-11-9-18-5-7-19(29-4)8-6-18/h5-8,10,12-14H,9,11H2,1-4H3,(H,24,28)(H,25,26,27). The summed E-state index contributed by atoms with van der Waals surface area (Å²) in [5.74, 6) is 1.00. The second-order valence-corrected chi connectivity index (χ2v) is 7.02. The Balaban J connectivity index is 1.62. The number of methoxy groups -OCH3 is 1. The van der Waals surface area contributed by atoms with Crippen molar-refractivity contribution in [2.24, 2.45) is 0 Å². The first kappa shape index (κ1) is 20.3. The van der Waals surface area contributed by atoms with Gasteiger partial charge in [-0.2, -0.15) is 0 Å². The van der Waals surface area contributed by atoms with Crippen molar-refractivity contribution in [2.75, 3.05) is 19.0 Å². The van der Waals surface area contributed by atoms with Crippen molar-refractivity contribution in [3.05, 3.63) is 76.6 Å². The average molecular weight is 390 g/mol. The van der Waals surface area contributed by atoms with Gasteiger partial charge < -0.3 is 15.4 Å². The van der Waals surface area contributed by atoms with E-state index in [0.29, 0.717) is 18.2 Å². The maximum Gasteiger partial charge on any atom is 0.270 e. The van der Waals surface area contributed by atoms with E-state index in [2.05, 4.69) is 39.7 Å². The van der Waals surface area contributed by atoms with E-state index < -0.39 is 0 Å². The summed E-state index contributed by atoms with van der Waals surface area (Å²) in [7, 11) is 1.64. The van der Waals surface area contributed by atoms with Gasteiger partial charge in [0, 0.05) is 18.4 Å². The number of benzene rings is 2. The summed E-state index contributed by atoms with van der Waals surface area (Å²) in [5.41, 5.74) is 5.85. The van der Waals surface area contributed by atoms with Gasteiger partial charge in [0.15, 0.2) is 0 Å². The minimum atomic E-state index is -0.221. The van der Waals surface area contributed by atoms with Gasteiger partial charge in [0.25, 0.3) is 5.91 Å². The highest BCUT2D eigenvalue weighted by Gasteiger charge is 2.10. The van der Waals surface area contributed by atoms with E-state index in [1.54, 1.807) is 19.4 Å². The van der Waals surface area contributed by atoms with Gasteiger partial charge in [-0.05, 0) is 62.1 Å². The van der Waals surface area contributed by atoms with Crippen molar-refractivity contribution in [1.82, 2.24) is 15.3 Å². The average Bonchev–Trinajstić information content (AvgIpc) is 2.71. The molecule has 0 aliphatic rings. The number of hydrogen-bond acceptors (Lipinski definition) is 5. The number of carbonyl (C=O) groups is 1. The molecule has 1 heterocycles. The largest absolute Gasteiger partial charge is 0.497 e. The van der Waals surface area contributed by atoms with Crippen LogP contribution in [0.2, 0.25) is 0 Å². The van der Waals surface area contributed by atoms with Gasteiger partial charge in [-0.25, -0.2) is 9.97 Å². The molecular weight excluding hydrogens is 364 g/mol. The third-order valence-electron chi connectivity index (χ3n) is 4.66. The number of carbonyl (C=O) groups excluding carboxylic acids is 1. The van der Waals surface area contributed by atoms with E-state index in [9.17, 15) is 4.79 Å². The third kappa shape index (κ3) is 5.31. The van der Waals surface area contributed by atoms with Crippen molar-refractivity contribution < 1.29 is 9.53 Å². The maximum absolute atomic E-state index is 12.5. The number of nitrogens with zero attached hydrogens (tertiary/aromatic N) is 2. The number of hydrogen-bond donors (Lipinski definition) is 2. The molecule has 2 N–H and O–H groups in total. The highest BCUT2D eigenvalue weighted by Crippen LogP contribution is 2.24. The summed E-state index contributed by atoms with van der Waals surface area (Å²) in [6.07, 6.45) is 2.32. The SMILES string of the molecule is COc1ccc(CCNC(=O)c2ccnc(Nc3c(C)cc(C)cc3C)n2)cc1. The van der Waals surface area contributed by atoms with Crippen LogP contribution < -0.4 is 15.4 Å². The van der Waals surface area contributed by atoms with Crippen LogP contribution in [0.25, 0.3) is 0 Å². The lowest BCUT2D eigenvalue weighted by Crippen LogP contribution is -2.26. The molecule has 0 saturated heterocycles. The lowest BCUT2D eigenvalue weighted by molar-refractivity contribution is 0.0949. The molecule has 29 heavy (non-hydrogen) atoms. The number of nitrogens with one attached hydrogen (secondary N) is 2. The summed E-state index contributed by atoms with van der Waals surface area (Å²) >= 11 is 0. The molecule has 0 aliphatic heterocycles. The molecule has 0 spiro atoms. The van der Waals surface area contributed by atoms with Crippen LogP contribution in [0.1, 0.15) is 32.7 Å². The summed E-state index contributed by atoms with van der Waals surface area (Å²) in [6.45, 7) is 6.67. The molecule has 0 atom stereocenters. The molecule has 3 rings (SSSR count). The van der Waals surface area contributed by atoms with Crippen LogP contribution in [0.15, 0.2) is 48.7 Å². The molecule has 2 aromatic carbocycles. The second-order valence-electron chi connectivity index (χ2n) is 7.02. The molecule has 1 amide bonds. The van der Waals surface area contributed by atoms with Crippen LogP contribution in [0, 0.1) is 20.8 Å². The highest BCUT2D eigenvalue weighted by atomic mass is 16.5. The first-order chi connectivity index (χ1) is 14.0. The molecule has 3 aromatic rings. The van der Waals surface area contributed by atoms with Gasteiger partial charge in [-0.15, -0.1) is 0 Å². The molecule has 0 radical (unpaired) electrons. The second kappa shape index (κ2) is 9.19. The summed E-state index contributed by atoms with van der Waals surface area (Å²) in [4.78, 5) is 21.1. The van der Waals surface area contributed by atoms with Crippen molar-refractivity contribution in [2.45, 2.75) is 27.2 Å². The fourth-order valence-electron chi connectivity index (χ4n) is 3.24. The Kier molecular flexibility index (Phi) is 6.44. The van der Waals surface area contributed by atoms with Crippen molar-refractivity contribution in [1.29, 1.82) is 0 Å². The molecule has 0 bridgehead atoms. The third-order valence-corrected chi connectivity index (χ3v) is 4.66. The zero-order valence-corrected chi connectivity index (χ0v) is 17.2. The Hall–Kier alpha value is -3.41. The molecule has 150 valence electrons. The van der Waals surface area contributed by atoms with Crippen molar-refractivity contribution in [3.8, 4) is 5.75 Å². The lowest BCUT2D eigenvalue weighted by atomic mass is 10.1. The minimum absolute atomic E-state index is 0.221. The Morgan fingerprint density at radius 3 is 2.38 bits per heavy atom. The first-order valence-corrected chi connectivity index (χ1v) is 9.55. The molecule has 1 aromatic heterocycles. The van der Waals surface area contributed by atoms with Crippen LogP contribution in [0.3, 0.4) is 0 Å². The zero-order chi connectivity index (χ0) is 20.8. The Morgan fingerprint density at radius 2 is 1.72 bits per heavy atom. The minimum Gasteiger partial charge on any atom is -0.497 e. The topological polar surface area (TPSA) is 76.1 Å². The van der Waals surface area contributed by atoms with Gasteiger partial charge in [0.2, 0.25) is 5.95 Å². The molecule has 0 saturated carbocycles. The Labute approximate surface area is 171 Å². The Morgan fingerprint density at radius 1 is 1.03 bits per heavy atom. The van der Waals surface area contributed by atoms with E-state index in [-0.39, 0.29) is 5.91 Å². The number of aryl methyl sites for hydroxylation is 3. The first-order valence-electron chi connectivity index (χ1n) is 9.55. The number of amides is 1. The maximum atomic E-state index is 12.5. The van der Waals surface area contributed by atoms with Gasteiger partial charge >= 0.3 is 0 Å². The normalized spacial score (nSPS) is 10.5. The van der Waals surface area contributed by atoms with E-state index in [4.69, 9.17) is 4.74 Å². The molecule has 6 nitrogen and oxygen atoms in total. The summed E-state index contributed by atoms with van der Waals surface area (Å²) in [5, 5.41) is 6.15. The van der Waals surface area contributed by atoms with E-state index in [0.717, 1.165) is 34.5 Å². The fraction of sp³-hybridized carbons (Fsp3) is 0.261. The summed E-state index contributed by atoms with van der Waals surface area (Å²) < 4.78 is 5.15. The zero-order valence-electron chi connectivity index (χ0n) is 17.2. The number of ether oxygens (including phenoxy) is 1. The lowest BCUT2D eigenvalue weighted by Gasteiger charge is -2.13. The van der Waals surface area contributed by atoms with Crippen LogP contribution in [-0.2, 0) is 6.42 Å². The predicted molar refractivity (Wildman–Crippen MR) is 115 cm³/mol. The number of rotatable bonds is 7. The van der Waals surface area contributed by atoms with E-state index >= 15 is 0 Å². The molecule has 0 unspecified atom stereocenters. The van der Waals surface area contributed by atoms with Crippen molar-refractivity contribution in [3.63, 3.8) is 0 Å². The van der Waals surface area contributed by atoms with Crippen LogP contribution in [0.4, 0.5) is 11.6 Å². The highest BCUT2D eigenvalue weighted by molar-refractivity contribution is 5.92. The predicted octanol–water partition coefficient (Wildman–Crippen LogP) is 4.13. The van der Waals surface area contributed by atoms with Gasteiger partial charge in [0.05, 0.1) is 7.11 Å². The summed E-state index contributed by atoms with van der Waals surface area (Å²) in [6, 6.07) is 13.6. The molecular formula is C23H26N4O2. The van der Waals surface area contributed by atoms with Gasteiger partial charge in [-0.1, -0.05) is 29.8 Å². The van der Waals surface area contributed by atoms with Crippen LogP contribution in [0.5, 0.6) is 5.75 Å². The smallest absolute Gasteiger partial charge is 0.270 e. The molecule has 6 heteroatoms. The fourth-order valence-corrected chi connectivity index (χ4v) is 3.24. The molecule has 0 aliphatic carbocycles. The van der Waals surface area contributed by atoms with Gasteiger partial charge in [-0.3, -0.25) is 4.79 Å². The van der Waals surface area contributed by atoms with E-state index in [1.807, 2.05) is 38.1 Å². The number of aromatic nitrogens is 2.